The number of aliphatic hydroxyl groups is 1. The van der Waals surface area contributed by atoms with E-state index < -0.39 is 0 Å². The predicted octanol–water partition coefficient (Wildman–Crippen LogP) is 1.56. The first kappa shape index (κ1) is 11.6. The van der Waals surface area contributed by atoms with Crippen LogP contribution in [0.4, 0.5) is 0 Å². The van der Waals surface area contributed by atoms with E-state index in [-0.39, 0.29) is 6.61 Å². The van der Waals surface area contributed by atoms with E-state index in [1.807, 2.05) is 0 Å². The minimum atomic E-state index is 0.271. The first-order chi connectivity index (χ1) is 5.35. The Balaban J connectivity index is 3.20. The first-order valence-electron chi connectivity index (χ1n) is 4.25. The molecule has 1 unspecified atom stereocenters. The molecule has 0 aliphatic carbocycles. The summed E-state index contributed by atoms with van der Waals surface area (Å²) in [7, 11) is 0. The highest BCUT2D eigenvalue weighted by molar-refractivity contribution is 14.1. The van der Waals surface area contributed by atoms with Crippen LogP contribution in [0.25, 0.3) is 0 Å². The maximum Gasteiger partial charge on any atom is 0.0584 e. The van der Waals surface area contributed by atoms with Crippen molar-refractivity contribution in [3.8, 4) is 0 Å². The summed E-state index contributed by atoms with van der Waals surface area (Å²) in [5, 5.41) is 12.2. The predicted molar refractivity (Wildman–Crippen MR) is 57.3 cm³/mol. The first-order valence-corrected chi connectivity index (χ1v) is 5.77. The standard InChI is InChI=1S/C8H18INO/c1-2-3-6-10-8(7-11)4-5-9/h8,10-11H,2-7H2,1H3. The number of nitrogens with one attached hydrogen (secondary N) is 1. The zero-order chi connectivity index (χ0) is 8.53. The molecule has 0 aliphatic heterocycles. The zero-order valence-corrected chi connectivity index (χ0v) is 9.30. The zero-order valence-electron chi connectivity index (χ0n) is 7.15. The van der Waals surface area contributed by atoms with Crippen molar-refractivity contribution in [2.24, 2.45) is 0 Å². The fourth-order valence-corrected chi connectivity index (χ4v) is 1.62. The smallest absolute Gasteiger partial charge is 0.0584 e. The molecule has 0 amide bonds. The van der Waals surface area contributed by atoms with Gasteiger partial charge < -0.3 is 10.4 Å². The number of rotatable bonds is 7. The van der Waals surface area contributed by atoms with Crippen molar-refractivity contribution in [3.05, 3.63) is 0 Å². The molecule has 0 heterocycles. The van der Waals surface area contributed by atoms with Crippen molar-refractivity contribution in [1.82, 2.24) is 5.32 Å². The molecule has 1 atom stereocenters. The highest BCUT2D eigenvalue weighted by Gasteiger charge is 2.03. The Bertz CT molecular complexity index is 80.5. The third-order valence-electron chi connectivity index (χ3n) is 1.64. The number of alkyl halides is 1. The van der Waals surface area contributed by atoms with Gasteiger partial charge in [-0.3, -0.25) is 0 Å². The normalized spacial score (nSPS) is 13.4. The van der Waals surface area contributed by atoms with E-state index in [9.17, 15) is 0 Å². The summed E-state index contributed by atoms with van der Waals surface area (Å²) in [5.41, 5.74) is 0. The lowest BCUT2D eigenvalue weighted by molar-refractivity contribution is 0.240. The van der Waals surface area contributed by atoms with Crippen LogP contribution in [0, 0.1) is 0 Å². The summed E-state index contributed by atoms with van der Waals surface area (Å²) in [4.78, 5) is 0. The molecule has 0 spiro atoms. The minimum absolute atomic E-state index is 0.271. The van der Waals surface area contributed by atoms with Crippen molar-refractivity contribution in [1.29, 1.82) is 0 Å². The summed E-state index contributed by atoms with van der Waals surface area (Å²) >= 11 is 2.34. The number of hydrogen-bond acceptors (Lipinski definition) is 2. The monoisotopic (exact) mass is 271 g/mol. The molecule has 11 heavy (non-hydrogen) atoms. The summed E-state index contributed by atoms with van der Waals surface area (Å²) in [5.74, 6) is 0. The summed E-state index contributed by atoms with van der Waals surface area (Å²) < 4.78 is 1.11. The van der Waals surface area contributed by atoms with Gasteiger partial charge in [-0.05, 0) is 19.4 Å². The van der Waals surface area contributed by atoms with Gasteiger partial charge in [0.05, 0.1) is 6.61 Å². The van der Waals surface area contributed by atoms with Crippen molar-refractivity contribution >= 4 is 22.6 Å². The molecule has 3 heteroatoms. The Labute approximate surface area is 82.9 Å². The van der Waals surface area contributed by atoms with Gasteiger partial charge in [0, 0.05) is 10.5 Å². The Morgan fingerprint density at radius 3 is 2.73 bits per heavy atom. The lowest BCUT2D eigenvalue weighted by Gasteiger charge is -2.13. The number of aliphatic hydroxyl groups excluding tert-OH is 1. The molecule has 0 bridgehead atoms. The van der Waals surface area contributed by atoms with Gasteiger partial charge in [-0.1, -0.05) is 35.9 Å². The molecule has 0 aromatic carbocycles. The molecular weight excluding hydrogens is 253 g/mol. The fraction of sp³-hybridized carbons (Fsp3) is 1.00. The van der Waals surface area contributed by atoms with E-state index in [1.54, 1.807) is 0 Å². The van der Waals surface area contributed by atoms with Crippen LogP contribution in [-0.2, 0) is 0 Å². The highest BCUT2D eigenvalue weighted by atomic mass is 127. The van der Waals surface area contributed by atoms with E-state index >= 15 is 0 Å². The van der Waals surface area contributed by atoms with Crippen molar-refractivity contribution in [2.75, 3.05) is 17.6 Å². The number of hydrogen-bond donors (Lipinski definition) is 2. The molecule has 0 aromatic heterocycles. The summed E-state index contributed by atoms with van der Waals surface area (Å²) in [6.07, 6.45) is 3.49. The van der Waals surface area contributed by atoms with Crippen molar-refractivity contribution < 1.29 is 5.11 Å². The van der Waals surface area contributed by atoms with Crippen LogP contribution < -0.4 is 5.32 Å². The molecule has 0 saturated heterocycles. The van der Waals surface area contributed by atoms with Gasteiger partial charge in [0.1, 0.15) is 0 Å². The second-order valence-corrected chi connectivity index (χ2v) is 3.74. The Morgan fingerprint density at radius 1 is 1.55 bits per heavy atom. The van der Waals surface area contributed by atoms with Crippen LogP contribution in [0.5, 0.6) is 0 Å². The maximum absolute atomic E-state index is 8.89. The van der Waals surface area contributed by atoms with Gasteiger partial charge >= 0.3 is 0 Å². The SMILES string of the molecule is CCCCNC(CO)CCI. The van der Waals surface area contributed by atoms with Crippen LogP contribution in [-0.4, -0.2) is 28.7 Å². The summed E-state index contributed by atoms with van der Waals surface area (Å²) in [6, 6.07) is 0.318. The van der Waals surface area contributed by atoms with Crippen molar-refractivity contribution in [3.63, 3.8) is 0 Å². The van der Waals surface area contributed by atoms with E-state index in [4.69, 9.17) is 5.11 Å². The van der Waals surface area contributed by atoms with E-state index in [1.165, 1.54) is 12.8 Å². The molecule has 0 rings (SSSR count). The van der Waals surface area contributed by atoms with Crippen LogP contribution in [0.3, 0.4) is 0 Å². The molecule has 0 fully saturated rings. The largest absolute Gasteiger partial charge is 0.395 e. The van der Waals surface area contributed by atoms with Gasteiger partial charge in [-0.2, -0.15) is 0 Å². The van der Waals surface area contributed by atoms with E-state index in [0.717, 1.165) is 17.4 Å². The maximum atomic E-state index is 8.89. The lowest BCUT2D eigenvalue weighted by Crippen LogP contribution is -2.33. The molecule has 2 nitrogen and oxygen atoms in total. The summed E-state index contributed by atoms with van der Waals surface area (Å²) in [6.45, 7) is 3.49. The van der Waals surface area contributed by atoms with Crippen LogP contribution in [0.2, 0.25) is 0 Å². The Morgan fingerprint density at radius 2 is 2.27 bits per heavy atom. The lowest BCUT2D eigenvalue weighted by atomic mass is 10.2. The van der Waals surface area contributed by atoms with Crippen molar-refractivity contribution in [2.45, 2.75) is 32.2 Å². The van der Waals surface area contributed by atoms with Crippen LogP contribution >= 0.6 is 22.6 Å². The van der Waals surface area contributed by atoms with Gasteiger partial charge in [-0.15, -0.1) is 0 Å². The Hall–Kier alpha value is 0.650. The number of halogens is 1. The van der Waals surface area contributed by atoms with Gasteiger partial charge in [0.2, 0.25) is 0 Å². The van der Waals surface area contributed by atoms with Gasteiger partial charge in [0.15, 0.2) is 0 Å². The molecular formula is C8H18INO. The molecule has 0 aromatic rings. The third-order valence-corrected chi connectivity index (χ3v) is 2.26. The molecule has 0 aliphatic rings. The van der Waals surface area contributed by atoms with Crippen LogP contribution in [0.15, 0.2) is 0 Å². The quantitative estimate of drug-likeness (QED) is 0.418. The minimum Gasteiger partial charge on any atom is -0.395 e. The highest BCUT2D eigenvalue weighted by Crippen LogP contribution is 1.96. The van der Waals surface area contributed by atoms with E-state index in [2.05, 4.69) is 34.8 Å². The number of unbranched alkanes of at least 4 members (excludes halogenated alkanes) is 1. The second-order valence-electron chi connectivity index (χ2n) is 2.66. The molecule has 0 radical (unpaired) electrons. The van der Waals surface area contributed by atoms with Gasteiger partial charge in [-0.25, -0.2) is 0 Å². The molecule has 68 valence electrons. The average Bonchev–Trinajstić information content (AvgIpc) is 2.03. The molecule has 0 saturated carbocycles. The Kier molecular flexibility index (Phi) is 9.26. The second kappa shape index (κ2) is 8.74. The third kappa shape index (κ3) is 7.03. The van der Waals surface area contributed by atoms with Crippen LogP contribution in [0.1, 0.15) is 26.2 Å². The topological polar surface area (TPSA) is 32.3 Å². The fourth-order valence-electron chi connectivity index (χ4n) is 0.873. The van der Waals surface area contributed by atoms with Gasteiger partial charge in [0.25, 0.3) is 0 Å². The average molecular weight is 271 g/mol. The molecule has 2 N–H and O–H groups in total. The van der Waals surface area contributed by atoms with E-state index in [0.29, 0.717) is 6.04 Å².